The number of nitrogens with one attached hydrogen (secondary N) is 1. The average Bonchev–Trinajstić information content (AvgIpc) is 3.07. The molecule has 0 atom stereocenters. The molecule has 1 saturated carbocycles. The zero-order valence-corrected chi connectivity index (χ0v) is 11.8. The Hall–Kier alpha value is -1.73. The van der Waals surface area contributed by atoms with E-state index in [0.717, 1.165) is 19.3 Å². The lowest BCUT2D eigenvalue weighted by Crippen LogP contribution is -2.44. The maximum absolute atomic E-state index is 11.7. The molecular formula is C13H16N4O2S. The molecule has 0 aliphatic heterocycles. The van der Waals surface area contributed by atoms with E-state index >= 15 is 0 Å². The van der Waals surface area contributed by atoms with Gasteiger partial charge in [0.1, 0.15) is 0 Å². The van der Waals surface area contributed by atoms with Crippen molar-refractivity contribution in [3.63, 3.8) is 0 Å². The summed E-state index contributed by atoms with van der Waals surface area (Å²) in [5, 5.41) is 10.4. The van der Waals surface area contributed by atoms with E-state index in [0.29, 0.717) is 30.2 Å². The molecule has 1 aliphatic rings. The van der Waals surface area contributed by atoms with Gasteiger partial charge in [-0.1, -0.05) is 5.16 Å². The van der Waals surface area contributed by atoms with E-state index in [9.17, 15) is 4.79 Å². The lowest BCUT2D eigenvalue weighted by molar-refractivity contribution is 0.0954. The molecule has 0 bridgehead atoms. The monoisotopic (exact) mass is 292 g/mol. The van der Waals surface area contributed by atoms with Crippen LogP contribution in [0, 0.1) is 0 Å². The Labute approximate surface area is 120 Å². The lowest BCUT2D eigenvalue weighted by atomic mass is 9.77. The van der Waals surface area contributed by atoms with Crippen LogP contribution in [0.2, 0.25) is 0 Å². The van der Waals surface area contributed by atoms with Gasteiger partial charge in [0.25, 0.3) is 5.91 Å². The third-order valence-electron chi connectivity index (χ3n) is 3.57. The molecule has 2 aromatic rings. The highest BCUT2D eigenvalue weighted by Crippen LogP contribution is 2.36. The fourth-order valence-electron chi connectivity index (χ4n) is 2.12. The molecule has 1 fully saturated rings. The van der Waals surface area contributed by atoms with Gasteiger partial charge in [-0.15, -0.1) is 0 Å². The maximum Gasteiger partial charge on any atom is 0.252 e. The second kappa shape index (κ2) is 5.34. The van der Waals surface area contributed by atoms with Crippen LogP contribution in [0.3, 0.4) is 0 Å². The van der Waals surface area contributed by atoms with Crippen LogP contribution >= 0.6 is 11.3 Å². The van der Waals surface area contributed by atoms with E-state index in [4.69, 9.17) is 10.3 Å². The predicted molar refractivity (Wildman–Crippen MR) is 74.4 cm³/mol. The van der Waals surface area contributed by atoms with Gasteiger partial charge in [-0.3, -0.25) is 4.79 Å². The van der Waals surface area contributed by atoms with Crippen molar-refractivity contribution in [2.45, 2.75) is 31.2 Å². The number of nitrogens with two attached hydrogens (primary N) is 1. The van der Waals surface area contributed by atoms with Gasteiger partial charge in [0, 0.05) is 23.9 Å². The van der Waals surface area contributed by atoms with Crippen molar-refractivity contribution in [2.75, 3.05) is 6.54 Å². The molecule has 2 aromatic heterocycles. The number of rotatable bonds is 5. The third kappa shape index (κ3) is 2.59. The first-order valence-electron chi connectivity index (χ1n) is 6.60. The van der Waals surface area contributed by atoms with E-state index in [2.05, 4.69) is 15.5 Å². The first-order chi connectivity index (χ1) is 9.67. The van der Waals surface area contributed by atoms with Gasteiger partial charge in [-0.05, 0) is 30.7 Å². The Kier molecular flexibility index (Phi) is 3.54. The summed E-state index contributed by atoms with van der Waals surface area (Å²) in [6, 6.07) is 1.79. The van der Waals surface area contributed by atoms with Gasteiger partial charge in [0.05, 0.1) is 5.54 Å². The molecule has 3 N–H and O–H groups in total. The summed E-state index contributed by atoms with van der Waals surface area (Å²) in [4.78, 5) is 16.0. The molecule has 7 heteroatoms. The molecule has 0 spiro atoms. The molecule has 6 nitrogen and oxygen atoms in total. The molecular weight excluding hydrogens is 276 g/mol. The van der Waals surface area contributed by atoms with E-state index in [1.165, 1.54) is 11.3 Å². The van der Waals surface area contributed by atoms with Gasteiger partial charge in [-0.2, -0.15) is 16.3 Å². The van der Waals surface area contributed by atoms with Crippen LogP contribution in [-0.4, -0.2) is 22.6 Å². The van der Waals surface area contributed by atoms with Gasteiger partial charge >= 0.3 is 0 Å². The number of thiophene rings is 1. The molecule has 3 rings (SSSR count). The van der Waals surface area contributed by atoms with Crippen LogP contribution in [-0.2, 0) is 12.0 Å². The van der Waals surface area contributed by atoms with Crippen molar-refractivity contribution >= 4 is 17.2 Å². The second-order valence-electron chi connectivity index (χ2n) is 5.04. The lowest BCUT2D eigenvalue weighted by Gasteiger charge is -2.34. The number of carbonyl (C=O) groups is 1. The van der Waals surface area contributed by atoms with Crippen molar-refractivity contribution < 1.29 is 9.32 Å². The van der Waals surface area contributed by atoms with Crippen molar-refractivity contribution in [3.8, 4) is 0 Å². The summed E-state index contributed by atoms with van der Waals surface area (Å²) in [5.41, 5.74) is 6.40. The van der Waals surface area contributed by atoms with Crippen LogP contribution < -0.4 is 11.1 Å². The first kappa shape index (κ1) is 13.3. The molecule has 0 radical (unpaired) electrons. The predicted octanol–water partition coefficient (Wildman–Crippen LogP) is 1.44. The number of aromatic nitrogens is 2. The number of amides is 1. The zero-order valence-electron chi connectivity index (χ0n) is 11.0. The van der Waals surface area contributed by atoms with Crippen molar-refractivity contribution in [1.82, 2.24) is 15.5 Å². The quantitative estimate of drug-likeness (QED) is 0.869. The van der Waals surface area contributed by atoms with Crippen LogP contribution in [0.5, 0.6) is 0 Å². The second-order valence-corrected chi connectivity index (χ2v) is 5.82. The largest absolute Gasteiger partial charge is 0.351 e. The number of hydrogen-bond acceptors (Lipinski definition) is 6. The maximum atomic E-state index is 11.7. The van der Waals surface area contributed by atoms with E-state index in [1.807, 2.05) is 10.8 Å². The third-order valence-corrected chi connectivity index (χ3v) is 4.25. The molecule has 0 saturated heterocycles. The van der Waals surface area contributed by atoms with Gasteiger partial charge < -0.3 is 15.6 Å². The summed E-state index contributed by atoms with van der Waals surface area (Å²) in [5.74, 6) is 1.02. The highest BCUT2D eigenvalue weighted by atomic mass is 32.1. The fourth-order valence-corrected chi connectivity index (χ4v) is 2.75. The minimum atomic E-state index is -0.401. The summed E-state index contributed by atoms with van der Waals surface area (Å²) in [6.07, 6.45) is 3.43. The molecule has 1 aliphatic carbocycles. The van der Waals surface area contributed by atoms with Crippen molar-refractivity contribution in [2.24, 2.45) is 5.73 Å². The first-order valence-corrected chi connectivity index (χ1v) is 7.54. The van der Waals surface area contributed by atoms with E-state index in [1.54, 1.807) is 6.07 Å². The normalized spacial score (nSPS) is 16.6. The Morgan fingerprint density at radius 1 is 1.55 bits per heavy atom. The van der Waals surface area contributed by atoms with Crippen LogP contribution in [0.4, 0.5) is 0 Å². The highest BCUT2D eigenvalue weighted by Gasteiger charge is 2.38. The number of hydrogen-bond donors (Lipinski definition) is 2. The standard InChI is InChI=1S/C13H16N4O2S/c14-13(4-1-5-13)12-16-10(19-17-12)2-6-15-11(18)9-3-7-20-8-9/h3,7-8H,1-2,4-6,14H2,(H,15,18). The summed E-state index contributed by atoms with van der Waals surface area (Å²) < 4.78 is 5.17. The molecule has 0 unspecified atom stereocenters. The Balaban J connectivity index is 1.50. The Morgan fingerprint density at radius 3 is 3.05 bits per heavy atom. The van der Waals surface area contributed by atoms with Gasteiger partial charge in [0.2, 0.25) is 5.89 Å². The van der Waals surface area contributed by atoms with Gasteiger partial charge in [0.15, 0.2) is 5.82 Å². The van der Waals surface area contributed by atoms with Crippen molar-refractivity contribution in [3.05, 3.63) is 34.1 Å². The zero-order chi connectivity index (χ0) is 14.0. The van der Waals surface area contributed by atoms with Gasteiger partial charge in [-0.25, -0.2) is 0 Å². The summed E-state index contributed by atoms with van der Waals surface area (Å²) >= 11 is 1.50. The summed E-state index contributed by atoms with van der Waals surface area (Å²) in [6.45, 7) is 0.466. The average molecular weight is 292 g/mol. The summed E-state index contributed by atoms with van der Waals surface area (Å²) in [7, 11) is 0. The Morgan fingerprint density at radius 2 is 2.40 bits per heavy atom. The SMILES string of the molecule is NC1(c2noc(CCNC(=O)c3ccsc3)n2)CCC1. The van der Waals surface area contributed by atoms with Crippen molar-refractivity contribution in [1.29, 1.82) is 0 Å². The molecule has 106 valence electrons. The fraction of sp³-hybridized carbons (Fsp3) is 0.462. The topological polar surface area (TPSA) is 94.0 Å². The number of carbonyl (C=O) groups excluding carboxylic acids is 1. The van der Waals surface area contributed by atoms with Crippen LogP contribution in [0.1, 0.15) is 41.3 Å². The molecule has 1 amide bonds. The Bertz CT molecular complexity index is 589. The minimum Gasteiger partial charge on any atom is -0.351 e. The smallest absolute Gasteiger partial charge is 0.252 e. The molecule has 2 heterocycles. The van der Waals surface area contributed by atoms with Crippen LogP contribution in [0.15, 0.2) is 21.3 Å². The highest BCUT2D eigenvalue weighted by molar-refractivity contribution is 7.08. The molecule has 0 aromatic carbocycles. The van der Waals surface area contributed by atoms with E-state index in [-0.39, 0.29) is 5.91 Å². The van der Waals surface area contributed by atoms with Crippen LogP contribution in [0.25, 0.3) is 0 Å². The number of nitrogens with zero attached hydrogens (tertiary/aromatic N) is 2. The van der Waals surface area contributed by atoms with E-state index < -0.39 is 5.54 Å². The molecule has 20 heavy (non-hydrogen) atoms. The minimum absolute atomic E-state index is 0.0831.